The summed E-state index contributed by atoms with van der Waals surface area (Å²) >= 11 is 4.93. The molecule has 6 heteroatoms. The Bertz CT molecular complexity index is 998. The molecule has 0 aliphatic carbocycles. The van der Waals surface area contributed by atoms with E-state index in [0.29, 0.717) is 5.13 Å². The average Bonchev–Trinajstić information content (AvgIpc) is 3.10. The van der Waals surface area contributed by atoms with Gasteiger partial charge >= 0.3 is 0 Å². The first-order valence-corrected chi connectivity index (χ1v) is 8.25. The number of benzene rings is 2. The quantitative estimate of drug-likeness (QED) is 0.573. The number of halogens is 1. The Morgan fingerprint density at radius 3 is 2.77 bits per heavy atom. The third kappa shape index (κ3) is 2.30. The molecule has 22 heavy (non-hydrogen) atoms. The Morgan fingerprint density at radius 1 is 1.09 bits per heavy atom. The van der Waals surface area contributed by atoms with Gasteiger partial charge in [-0.2, -0.15) is 4.68 Å². The van der Waals surface area contributed by atoms with Gasteiger partial charge in [0, 0.05) is 16.1 Å². The molecule has 0 spiro atoms. The summed E-state index contributed by atoms with van der Waals surface area (Å²) in [5, 5.41) is 3.78. The number of aromatic nitrogens is 3. The van der Waals surface area contributed by atoms with Crippen LogP contribution in [0.25, 0.3) is 26.6 Å². The predicted molar refractivity (Wildman–Crippen MR) is 92.7 cm³/mol. The first-order valence-electron chi connectivity index (χ1n) is 6.65. The summed E-state index contributed by atoms with van der Waals surface area (Å²) in [6, 6.07) is 17.3. The third-order valence-electron chi connectivity index (χ3n) is 3.33. The number of nitrogens with zero attached hydrogens (tertiary/aromatic N) is 2. The first-order chi connectivity index (χ1) is 10.7. The number of nitrogens with one attached hydrogen (secondary N) is 1. The number of thiazole rings is 1. The molecule has 0 radical (unpaired) electrons. The summed E-state index contributed by atoms with van der Waals surface area (Å²) in [6.45, 7) is 0. The van der Waals surface area contributed by atoms with Crippen molar-refractivity contribution in [2.45, 2.75) is 0 Å². The van der Waals surface area contributed by atoms with Crippen LogP contribution in [-0.2, 0) is 0 Å². The van der Waals surface area contributed by atoms with E-state index in [9.17, 15) is 4.79 Å². The van der Waals surface area contributed by atoms with E-state index in [2.05, 4.69) is 26.0 Å². The Labute approximate surface area is 138 Å². The number of fused-ring (bicyclic) bond motifs is 1. The SMILES string of the molecule is O=c1cc(-c2cccc(Br)c2)[nH]n1-c1nc2ccccc2s1. The van der Waals surface area contributed by atoms with Crippen molar-refractivity contribution in [3.63, 3.8) is 0 Å². The van der Waals surface area contributed by atoms with E-state index in [4.69, 9.17) is 0 Å². The molecule has 4 aromatic rings. The predicted octanol–water partition coefficient (Wildman–Crippen LogP) is 4.20. The maximum atomic E-state index is 12.3. The van der Waals surface area contributed by atoms with Crippen molar-refractivity contribution in [1.82, 2.24) is 14.8 Å². The Kier molecular flexibility index (Phi) is 3.20. The van der Waals surface area contributed by atoms with Crippen molar-refractivity contribution >= 4 is 37.5 Å². The number of para-hydroxylation sites is 1. The van der Waals surface area contributed by atoms with E-state index in [1.807, 2.05) is 48.5 Å². The number of rotatable bonds is 2. The van der Waals surface area contributed by atoms with Crippen molar-refractivity contribution < 1.29 is 0 Å². The lowest BCUT2D eigenvalue weighted by molar-refractivity contribution is 0.846. The van der Waals surface area contributed by atoms with Crippen LogP contribution in [0.3, 0.4) is 0 Å². The second-order valence-electron chi connectivity index (χ2n) is 4.82. The summed E-state index contributed by atoms with van der Waals surface area (Å²) in [4.78, 5) is 16.8. The summed E-state index contributed by atoms with van der Waals surface area (Å²) in [5.74, 6) is 0. The zero-order valence-corrected chi connectivity index (χ0v) is 13.7. The highest BCUT2D eigenvalue weighted by atomic mass is 79.9. The van der Waals surface area contributed by atoms with Crippen molar-refractivity contribution in [2.24, 2.45) is 0 Å². The van der Waals surface area contributed by atoms with Crippen LogP contribution in [0.5, 0.6) is 0 Å². The van der Waals surface area contributed by atoms with Gasteiger partial charge in [0.25, 0.3) is 5.56 Å². The van der Waals surface area contributed by atoms with Gasteiger partial charge in [-0.05, 0) is 24.3 Å². The first kappa shape index (κ1) is 13.5. The fourth-order valence-corrected chi connectivity index (χ4v) is 3.63. The van der Waals surface area contributed by atoms with Crippen LogP contribution in [0.2, 0.25) is 0 Å². The minimum Gasteiger partial charge on any atom is -0.288 e. The maximum absolute atomic E-state index is 12.3. The van der Waals surface area contributed by atoms with Gasteiger partial charge in [0.2, 0.25) is 5.13 Å². The lowest BCUT2D eigenvalue weighted by atomic mass is 10.2. The topological polar surface area (TPSA) is 50.7 Å². The van der Waals surface area contributed by atoms with Crippen LogP contribution in [0.15, 0.2) is 63.9 Å². The van der Waals surface area contributed by atoms with Gasteiger partial charge in [-0.25, -0.2) is 4.98 Å². The van der Waals surface area contributed by atoms with Crippen LogP contribution in [0, 0.1) is 0 Å². The second-order valence-corrected chi connectivity index (χ2v) is 6.74. The molecular weight excluding hydrogens is 362 g/mol. The standard InChI is InChI=1S/C16H10BrN3OS/c17-11-5-3-4-10(8-11)13-9-15(21)20(19-13)16-18-12-6-1-2-7-14(12)22-16/h1-9,19H. The molecule has 0 saturated heterocycles. The summed E-state index contributed by atoms with van der Waals surface area (Å²) in [7, 11) is 0. The fraction of sp³-hybridized carbons (Fsp3) is 0. The minimum absolute atomic E-state index is 0.117. The monoisotopic (exact) mass is 371 g/mol. The van der Waals surface area contributed by atoms with E-state index in [0.717, 1.165) is 25.9 Å². The molecule has 4 nitrogen and oxygen atoms in total. The molecular formula is C16H10BrN3OS. The smallest absolute Gasteiger partial charge is 0.273 e. The van der Waals surface area contributed by atoms with Crippen LogP contribution in [0.4, 0.5) is 0 Å². The average molecular weight is 372 g/mol. The van der Waals surface area contributed by atoms with Gasteiger partial charge in [-0.3, -0.25) is 9.89 Å². The number of H-pyrrole nitrogens is 1. The van der Waals surface area contributed by atoms with Gasteiger partial charge in [-0.15, -0.1) is 0 Å². The normalized spacial score (nSPS) is 11.1. The van der Waals surface area contributed by atoms with Crippen LogP contribution < -0.4 is 5.56 Å². The molecule has 0 amide bonds. The highest BCUT2D eigenvalue weighted by molar-refractivity contribution is 9.10. The van der Waals surface area contributed by atoms with Gasteiger partial charge in [0.05, 0.1) is 15.9 Å². The number of hydrogen-bond acceptors (Lipinski definition) is 3. The largest absolute Gasteiger partial charge is 0.288 e. The van der Waals surface area contributed by atoms with Gasteiger partial charge < -0.3 is 0 Å². The van der Waals surface area contributed by atoms with E-state index in [1.165, 1.54) is 16.0 Å². The van der Waals surface area contributed by atoms with Crippen molar-refractivity contribution in [1.29, 1.82) is 0 Å². The molecule has 0 bridgehead atoms. The molecule has 2 aromatic carbocycles. The molecule has 108 valence electrons. The summed E-state index contributed by atoms with van der Waals surface area (Å²) in [5.41, 5.74) is 2.50. The molecule has 0 atom stereocenters. The maximum Gasteiger partial charge on any atom is 0.273 e. The lowest BCUT2D eigenvalue weighted by Crippen LogP contribution is -2.12. The van der Waals surface area contributed by atoms with Crippen LogP contribution in [-0.4, -0.2) is 14.8 Å². The van der Waals surface area contributed by atoms with Crippen LogP contribution in [0.1, 0.15) is 0 Å². The summed E-state index contributed by atoms with van der Waals surface area (Å²) in [6.07, 6.45) is 0. The molecule has 0 fully saturated rings. The van der Waals surface area contributed by atoms with Crippen molar-refractivity contribution in [3.8, 4) is 16.4 Å². The highest BCUT2D eigenvalue weighted by Gasteiger charge is 2.11. The van der Waals surface area contributed by atoms with Gasteiger partial charge in [-0.1, -0.05) is 51.5 Å². The minimum atomic E-state index is -0.117. The Balaban J connectivity index is 1.85. The molecule has 2 heterocycles. The van der Waals surface area contributed by atoms with E-state index >= 15 is 0 Å². The van der Waals surface area contributed by atoms with Crippen molar-refractivity contribution in [3.05, 3.63) is 69.4 Å². The second kappa shape index (κ2) is 5.23. The molecule has 0 aliphatic heterocycles. The summed E-state index contributed by atoms with van der Waals surface area (Å²) < 4.78 is 3.52. The highest BCUT2D eigenvalue weighted by Crippen LogP contribution is 2.25. The molecule has 0 unspecified atom stereocenters. The van der Waals surface area contributed by atoms with Gasteiger partial charge in [0.1, 0.15) is 0 Å². The van der Waals surface area contributed by atoms with E-state index in [-0.39, 0.29) is 5.56 Å². The third-order valence-corrected chi connectivity index (χ3v) is 4.84. The molecule has 0 saturated carbocycles. The zero-order valence-electron chi connectivity index (χ0n) is 11.3. The molecule has 2 aromatic heterocycles. The van der Waals surface area contributed by atoms with Crippen molar-refractivity contribution in [2.75, 3.05) is 0 Å². The van der Waals surface area contributed by atoms with Crippen LogP contribution >= 0.6 is 27.3 Å². The number of hydrogen-bond donors (Lipinski definition) is 1. The molecule has 0 aliphatic rings. The van der Waals surface area contributed by atoms with E-state index in [1.54, 1.807) is 6.07 Å². The fourth-order valence-electron chi connectivity index (χ4n) is 2.30. The number of aromatic amines is 1. The lowest BCUT2D eigenvalue weighted by Gasteiger charge is -1.99. The Hall–Kier alpha value is -2.18. The zero-order chi connectivity index (χ0) is 15.1. The van der Waals surface area contributed by atoms with Gasteiger partial charge in [0.15, 0.2) is 0 Å². The molecule has 1 N–H and O–H groups in total. The Morgan fingerprint density at radius 2 is 1.95 bits per heavy atom. The molecule has 4 rings (SSSR count). The van der Waals surface area contributed by atoms with E-state index < -0.39 is 0 Å².